The van der Waals surface area contributed by atoms with E-state index in [9.17, 15) is 4.79 Å². The third kappa shape index (κ3) is 1.96. The Bertz CT molecular complexity index is 789. The normalized spacial score (nSPS) is 13.8. The Labute approximate surface area is 121 Å². The fourth-order valence-electron chi connectivity index (χ4n) is 2.60. The van der Waals surface area contributed by atoms with Gasteiger partial charge in [0.05, 0.1) is 12.2 Å². The van der Waals surface area contributed by atoms with Gasteiger partial charge in [0, 0.05) is 5.39 Å². The summed E-state index contributed by atoms with van der Waals surface area (Å²) in [4.78, 5) is 14.4. The average molecular weight is 279 g/mol. The van der Waals surface area contributed by atoms with Gasteiger partial charge in [-0.1, -0.05) is 30.3 Å². The lowest BCUT2D eigenvalue weighted by molar-refractivity contribution is 0.0952. The summed E-state index contributed by atoms with van der Waals surface area (Å²) in [5.74, 6) is 0.947. The summed E-state index contributed by atoms with van der Waals surface area (Å²) in [5.41, 5.74) is 1.51. The summed E-state index contributed by atoms with van der Waals surface area (Å²) in [5, 5.41) is 0.933. The van der Waals surface area contributed by atoms with Crippen LogP contribution in [0.5, 0.6) is 5.75 Å². The number of fused-ring (bicyclic) bond motifs is 2. The number of ether oxygens (including phenoxy) is 1. The van der Waals surface area contributed by atoms with Crippen LogP contribution in [0.25, 0.3) is 11.0 Å². The van der Waals surface area contributed by atoms with Crippen molar-refractivity contribution in [2.45, 2.75) is 0 Å². The molecule has 0 aliphatic carbocycles. The van der Waals surface area contributed by atoms with Gasteiger partial charge in [-0.05, 0) is 24.3 Å². The van der Waals surface area contributed by atoms with Gasteiger partial charge in [0.25, 0.3) is 5.91 Å². The summed E-state index contributed by atoms with van der Waals surface area (Å²) in [6.45, 7) is 1.01. The predicted octanol–water partition coefficient (Wildman–Crippen LogP) is 3.47. The Morgan fingerprint density at radius 2 is 1.86 bits per heavy atom. The van der Waals surface area contributed by atoms with Gasteiger partial charge in [0.2, 0.25) is 0 Å². The zero-order chi connectivity index (χ0) is 14.2. The first-order valence-corrected chi connectivity index (χ1v) is 6.85. The highest BCUT2D eigenvalue weighted by atomic mass is 16.5. The fourth-order valence-corrected chi connectivity index (χ4v) is 2.60. The molecule has 0 saturated heterocycles. The molecule has 0 radical (unpaired) electrons. The number of furan rings is 1. The first-order valence-electron chi connectivity index (χ1n) is 6.85. The van der Waals surface area contributed by atoms with Crippen molar-refractivity contribution in [1.29, 1.82) is 0 Å². The number of nitrogens with zero attached hydrogens (tertiary/aromatic N) is 1. The van der Waals surface area contributed by atoms with Crippen LogP contribution in [0.3, 0.4) is 0 Å². The summed E-state index contributed by atoms with van der Waals surface area (Å²) in [6, 6.07) is 16.9. The third-order valence-electron chi connectivity index (χ3n) is 3.61. The highest BCUT2D eigenvalue weighted by Crippen LogP contribution is 2.32. The number of rotatable bonds is 1. The molecule has 0 bridgehead atoms. The van der Waals surface area contributed by atoms with Crippen LogP contribution in [0.2, 0.25) is 0 Å². The second kappa shape index (κ2) is 4.66. The molecule has 104 valence electrons. The Morgan fingerprint density at radius 1 is 1.05 bits per heavy atom. The van der Waals surface area contributed by atoms with E-state index in [0.717, 1.165) is 22.4 Å². The molecule has 1 aromatic heterocycles. The predicted molar refractivity (Wildman–Crippen MR) is 79.8 cm³/mol. The van der Waals surface area contributed by atoms with E-state index < -0.39 is 0 Å². The molecule has 4 nitrogen and oxygen atoms in total. The molecule has 0 spiro atoms. The average Bonchev–Trinajstić information content (AvgIpc) is 2.97. The molecule has 1 aliphatic heterocycles. The van der Waals surface area contributed by atoms with Crippen LogP contribution >= 0.6 is 0 Å². The van der Waals surface area contributed by atoms with Crippen molar-refractivity contribution >= 4 is 22.6 Å². The molecule has 0 N–H and O–H groups in total. The van der Waals surface area contributed by atoms with Crippen LogP contribution in [-0.4, -0.2) is 19.1 Å². The lowest BCUT2D eigenvalue weighted by Crippen LogP contribution is -2.37. The van der Waals surface area contributed by atoms with Crippen LogP contribution < -0.4 is 9.64 Å². The van der Waals surface area contributed by atoms with Gasteiger partial charge in [0.1, 0.15) is 17.9 Å². The zero-order valence-electron chi connectivity index (χ0n) is 11.3. The molecule has 0 atom stereocenters. The van der Waals surface area contributed by atoms with Gasteiger partial charge < -0.3 is 9.15 Å². The minimum absolute atomic E-state index is 0.137. The SMILES string of the molecule is O=C(c1cc2ccccc2o1)N1CCOc2ccccc21. The summed E-state index contributed by atoms with van der Waals surface area (Å²) >= 11 is 0. The third-order valence-corrected chi connectivity index (χ3v) is 3.61. The second-order valence-electron chi connectivity index (χ2n) is 4.92. The molecular formula is C17H13NO3. The molecule has 0 saturated carbocycles. The molecule has 4 rings (SSSR count). The number of para-hydroxylation sites is 3. The lowest BCUT2D eigenvalue weighted by Gasteiger charge is -2.28. The molecule has 0 fully saturated rings. The van der Waals surface area contributed by atoms with Crippen LogP contribution in [0.1, 0.15) is 10.6 Å². The van der Waals surface area contributed by atoms with E-state index in [1.807, 2.05) is 48.5 Å². The Hall–Kier alpha value is -2.75. The van der Waals surface area contributed by atoms with Crippen LogP contribution in [0.4, 0.5) is 5.69 Å². The van der Waals surface area contributed by atoms with E-state index in [2.05, 4.69) is 0 Å². The molecule has 4 heteroatoms. The number of amides is 1. The van der Waals surface area contributed by atoms with E-state index in [-0.39, 0.29) is 5.91 Å². The first kappa shape index (κ1) is 12.0. The Morgan fingerprint density at radius 3 is 2.76 bits per heavy atom. The maximum Gasteiger partial charge on any atom is 0.294 e. The van der Waals surface area contributed by atoms with Crippen molar-refractivity contribution in [2.75, 3.05) is 18.1 Å². The zero-order valence-corrected chi connectivity index (χ0v) is 11.3. The van der Waals surface area contributed by atoms with Crippen molar-refractivity contribution in [3.8, 4) is 5.75 Å². The van der Waals surface area contributed by atoms with Gasteiger partial charge in [-0.3, -0.25) is 9.69 Å². The number of hydrogen-bond acceptors (Lipinski definition) is 3. The van der Waals surface area contributed by atoms with Crippen LogP contribution in [-0.2, 0) is 0 Å². The second-order valence-corrected chi connectivity index (χ2v) is 4.92. The summed E-state index contributed by atoms with van der Waals surface area (Å²) in [7, 11) is 0. The largest absolute Gasteiger partial charge is 0.490 e. The van der Waals surface area contributed by atoms with E-state index in [4.69, 9.17) is 9.15 Å². The molecule has 1 amide bonds. The van der Waals surface area contributed by atoms with E-state index in [1.54, 1.807) is 11.0 Å². The maximum absolute atomic E-state index is 12.7. The Kier molecular flexibility index (Phi) is 2.67. The number of anilines is 1. The number of hydrogen-bond donors (Lipinski definition) is 0. The number of carbonyl (C=O) groups is 1. The minimum Gasteiger partial charge on any atom is -0.490 e. The number of benzene rings is 2. The smallest absolute Gasteiger partial charge is 0.294 e. The van der Waals surface area contributed by atoms with E-state index >= 15 is 0 Å². The standard InChI is InChI=1S/C17H13NO3/c19-17(16-11-12-5-1-3-7-14(12)21-16)18-9-10-20-15-8-4-2-6-13(15)18/h1-8,11H,9-10H2. The van der Waals surface area contributed by atoms with Gasteiger partial charge in [-0.2, -0.15) is 0 Å². The molecule has 3 aromatic rings. The van der Waals surface area contributed by atoms with Crippen molar-refractivity contribution in [1.82, 2.24) is 0 Å². The fraction of sp³-hybridized carbons (Fsp3) is 0.118. The van der Waals surface area contributed by atoms with E-state index in [1.165, 1.54) is 0 Å². The molecule has 2 heterocycles. The van der Waals surface area contributed by atoms with E-state index in [0.29, 0.717) is 18.9 Å². The highest BCUT2D eigenvalue weighted by molar-refractivity contribution is 6.07. The Balaban J connectivity index is 1.75. The number of carbonyl (C=O) groups excluding carboxylic acids is 1. The van der Waals surface area contributed by atoms with Gasteiger partial charge in [-0.15, -0.1) is 0 Å². The topological polar surface area (TPSA) is 42.7 Å². The maximum atomic E-state index is 12.7. The van der Waals surface area contributed by atoms with Crippen molar-refractivity contribution in [3.63, 3.8) is 0 Å². The van der Waals surface area contributed by atoms with Crippen LogP contribution in [0, 0.1) is 0 Å². The van der Waals surface area contributed by atoms with Gasteiger partial charge in [-0.25, -0.2) is 0 Å². The molecule has 1 aliphatic rings. The lowest BCUT2D eigenvalue weighted by atomic mass is 10.2. The first-order chi connectivity index (χ1) is 10.3. The monoisotopic (exact) mass is 279 g/mol. The highest BCUT2D eigenvalue weighted by Gasteiger charge is 2.26. The summed E-state index contributed by atoms with van der Waals surface area (Å²) in [6.07, 6.45) is 0. The van der Waals surface area contributed by atoms with Crippen molar-refractivity contribution in [2.24, 2.45) is 0 Å². The summed E-state index contributed by atoms with van der Waals surface area (Å²) < 4.78 is 11.2. The van der Waals surface area contributed by atoms with Gasteiger partial charge in [0.15, 0.2) is 5.76 Å². The molecule has 0 unspecified atom stereocenters. The minimum atomic E-state index is -0.137. The van der Waals surface area contributed by atoms with Gasteiger partial charge >= 0.3 is 0 Å². The molecule has 21 heavy (non-hydrogen) atoms. The van der Waals surface area contributed by atoms with Crippen molar-refractivity contribution in [3.05, 3.63) is 60.4 Å². The van der Waals surface area contributed by atoms with Crippen LogP contribution in [0.15, 0.2) is 59.0 Å². The quantitative estimate of drug-likeness (QED) is 0.685. The molecular weight excluding hydrogens is 266 g/mol. The molecule has 2 aromatic carbocycles. The van der Waals surface area contributed by atoms with Crippen molar-refractivity contribution < 1.29 is 13.9 Å².